The third-order valence-corrected chi connectivity index (χ3v) is 5.94. The zero-order valence-corrected chi connectivity index (χ0v) is 16.8. The lowest BCUT2D eigenvalue weighted by atomic mass is 9.96. The number of piperidine rings is 1. The summed E-state index contributed by atoms with van der Waals surface area (Å²) in [7, 11) is 0. The first-order valence-corrected chi connectivity index (χ1v) is 10.4. The molecule has 8 heteroatoms. The summed E-state index contributed by atoms with van der Waals surface area (Å²) < 4.78 is 5.88. The maximum Gasteiger partial charge on any atom is 0.254 e. The molecule has 2 aliphatic rings. The molecule has 2 aliphatic heterocycles. The van der Waals surface area contributed by atoms with Crippen molar-refractivity contribution in [3.8, 4) is 0 Å². The number of nitrogens with zero attached hydrogens (tertiary/aromatic N) is 2. The van der Waals surface area contributed by atoms with E-state index in [9.17, 15) is 14.4 Å². The highest BCUT2D eigenvalue weighted by molar-refractivity contribution is 6.10. The van der Waals surface area contributed by atoms with Crippen LogP contribution in [0.3, 0.4) is 0 Å². The van der Waals surface area contributed by atoms with Crippen molar-refractivity contribution in [2.24, 2.45) is 0 Å². The molecule has 1 saturated heterocycles. The molecule has 1 atom stereocenters. The summed E-state index contributed by atoms with van der Waals surface area (Å²) in [6.07, 6.45) is 1.42. The number of rotatable bonds is 3. The number of carbonyl (C=O) groups excluding carboxylic acids is 3. The van der Waals surface area contributed by atoms with Crippen molar-refractivity contribution in [1.29, 1.82) is 0 Å². The maximum absolute atomic E-state index is 12.8. The molecule has 1 fully saturated rings. The highest BCUT2D eigenvalue weighted by atomic mass is 16.3. The van der Waals surface area contributed by atoms with Crippen LogP contribution in [0, 0.1) is 0 Å². The Labute approximate surface area is 178 Å². The van der Waals surface area contributed by atoms with Gasteiger partial charge in [-0.15, -0.1) is 0 Å². The number of likely N-dealkylation sites (tertiary alicyclic amines) is 1. The molecule has 0 saturated carbocycles. The summed E-state index contributed by atoms with van der Waals surface area (Å²) in [5.41, 5.74) is 2.46. The van der Waals surface area contributed by atoms with Gasteiger partial charge in [-0.1, -0.05) is 24.3 Å². The molecule has 8 nitrogen and oxygen atoms in total. The van der Waals surface area contributed by atoms with E-state index in [1.54, 1.807) is 29.2 Å². The second kappa shape index (κ2) is 7.86. The molecule has 3 heterocycles. The minimum Gasteiger partial charge on any atom is -0.440 e. The van der Waals surface area contributed by atoms with Crippen LogP contribution in [0.1, 0.15) is 41.4 Å². The van der Waals surface area contributed by atoms with Crippen LogP contribution in [0.2, 0.25) is 0 Å². The number of oxazole rings is 1. The molecule has 3 amide bonds. The van der Waals surface area contributed by atoms with Crippen LogP contribution >= 0.6 is 0 Å². The van der Waals surface area contributed by atoms with Crippen molar-refractivity contribution in [2.45, 2.75) is 31.2 Å². The van der Waals surface area contributed by atoms with Crippen molar-refractivity contribution in [3.05, 3.63) is 60.0 Å². The van der Waals surface area contributed by atoms with E-state index in [0.29, 0.717) is 30.2 Å². The normalized spacial score (nSPS) is 19.5. The summed E-state index contributed by atoms with van der Waals surface area (Å²) in [5.74, 6) is -0.0230. The quantitative estimate of drug-likeness (QED) is 0.681. The highest BCUT2D eigenvalue weighted by Gasteiger charge is 2.33. The van der Waals surface area contributed by atoms with Crippen LogP contribution < -0.4 is 10.6 Å². The van der Waals surface area contributed by atoms with Gasteiger partial charge in [0.25, 0.3) is 5.91 Å². The Balaban J connectivity index is 1.21. The van der Waals surface area contributed by atoms with Crippen LogP contribution in [0.15, 0.2) is 52.9 Å². The first-order chi connectivity index (χ1) is 15.1. The zero-order valence-electron chi connectivity index (χ0n) is 16.8. The molecule has 0 bridgehead atoms. The third-order valence-electron chi connectivity index (χ3n) is 5.94. The summed E-state index contributed by atoms with van der Waals surface area (Å²) in [6.45, 7) is 1.12. The molecule has 1 aromatic heterocycles. The number of hydrogen-bond acceptors (Lipinski definition) is 5. The van der Waals surface area contributed by atoms with Gasteiger partial charge in [-0.25, -0.2) is 4.98 Å². The first kappa shape index (κ1) is 19.3. The predicted molar refractivity (Wildman–Crippen MR) is 114 cm³/mol. The summed E-state index contributed by atoms with van der Waals surface area (Å²) in [5, 5.41) is 5.42. The van der Waals surface area contributed by atoms with E-state index in [-0.39, 0.29) is 30.1 Å². The fraction of sp³-hybridized carbons (Fsp3) is 0.304. The Morgan fingerprint density at radius 2 is 1.81 bits per heavy atom. The molecule has 0 spiro atoms. The van der Waals surface area contributed by atoms with E-state index >= 15 is 0 Å². The van der Waals surface area contributed by atoms with Crippen molar-refractivity contribution in [1.82, 2.24) is 15.2 Å². The number of anilines is 1. The molecular weight excluding hydrogens is 396 g/mol. The van der Waals surface area contributed by atoms with Gasteiger partial charge in [0.1, 0.15) is 11.6 Å². The SMILES string of the molecule is O=C1N[C@@H](CC(=O)N2CCC(c3nc4ccccc4o3)CC2)C(=O)Nc2ccccc21. The van der Waals surface area contributed by atoms with Gasteiger partial charge in [0.05, 0.1) is 17.7 Å². The van der Waals surface area contributed by atoms with Gasteiger partial charge in [0.15, 0.2) is 11.5 Å². The number of fused-ring (bicyclic) bond motifs is 2. The highest BCUT2D eigenvalue weighted by Crippen LogP contribution is 2.30. The van der Waals surface area contributed by atoms with E-state index in [2.05, 4.69) is 15.6 Å². The fourth-order valence-corrected chi connectivity index (χ4v) is 4.20. The van der Waals surface area contributed by atoms with Gasteiger partial charge >= 0.3 is 0 Å². The van der Waals surface area contributed by atoms with Crippen molar-refractivity contribution >= 4 is 34.5 Å². The number of nitrogens with one attached hydrogen (secondary N) is 2. The first-order valence-electron chi connectivity index (χ1n) is 10.4. The van der Waals surface area contributed by atoms with Crippen molar-refractivity contribution < 1.29 is 18.8 Å². The van der Waals surface area contributed by atoms with E-state index in [0.717, 1.165) is 23.9 Å². The topological polar surface area (TPSA) is 105 Å². The fourth-order valence-electron chi connectivity index (χ4n) is 4.20. The van der Waals surface area contributed by atoms with Gasteiger partial charge in [0.2, 0.25) is 11.8 Å². The average molecular weight is 418 g/mol. The van der Waals surface area contributed by atoms with Gasteiger partial charge in [0, 0.05) is 19.0 Å². The molecule has 2 aromatic carbocycles. The Hall–Kier alpha value is -3.68. The average Bonchev–Trinajstić information content (AvgIpc) is 3.18. The second-order valence-corrected chi connectivity index (χ2v) is 7.94. The lowest BCUT2D eigenvalue weighted by Crippen LogP contribution is -2.46. The number of carbonyl (C=O) groups is 3. The molecule has 3 aromatic rings. The van der Waals surface area contributed by atoms with E-state index < -0.39 is 6.04 Å². The van der Waals surface area contributed by atoms with E-state index in [1.165, 1.54) is 0 Å². The van der Waals surface area contributed by atoms with E-state index in [1.807, 2.05) is 24.3 Å². The van der Waals surface area contributed by atoms with Crippen LogP contribution in [0.4, 0.5) is 5.69 Å². The minimum absolute atomic E-state index is 0.0703. The molecular formula is C23H22N4O4. The monoisotopic (exact) mass is 418 g/mol. The number of hydrogen-bond donors (Lipinski definition) is 2. The Morgan fingerprint density at radius 1 is 1.06 bits per heavy atom. The van der Waals surface area contributed by atoms with Gasteiger partial charge < -0.3 is 20.0 Å². The summed E-state index contributed by atoms with van der Waals surface area (Å²) in [6, 6.07) is 13.6. The van der Waals surface area contributed by atoms with Gasteiger partial charge in [-0.2, -0.15) is 0 Å². The maximum atomic E-state index is 12.8. The second-order valence-electron chi connectivity index (χ2n) is 7.94. The predicted octanol–water partition coefficient (Wildman–Crippen LogP) is 2.67. The Kier molecular flexibility index (Phi) is 4.89. The van der Waals surface area contributed by atoms with E-state index in [4.69, 9.17) is 4.42 Å². The third kappa shape index (κ3) is 3.76. The lowest BCUT2D eigenvalue weighted by Gasteiger charge is -2.31. The van der Waals surface area contributed by atoms with Crippen LogP contribution in [0.25, 0.3) is 11.1 Å². The molecule has 0 unspecified atom stereocenters. The van der Waals surface area contributed by atoms with Crippen LogP contribution in [-0.4, -0.2) is 46.7 Å². The number of para-hydroxylation sites is 3. The van der Waals surface area contributed by atoms with Gasteiger partial charge in [-0.3, -0.25) is 14.4 Å². The molecule has 0 radical (unpaired) electrons. The zero-order chi connectivity index (χ0) is 21.4. The van der Waals surface area contributed by atoms with Crippen molar-refractivity contribution in [3.63, 3.8) is 0 Å². The van der Waals surface area contributed by atoms with Gasteiger partial charge in [-0.05, 0) is 37.1 Å². The number of benzene rings is 2. The smallest absolute Gasteiger partial charge is 0.254 e. The number of aromatic nitrogens is 1. The molecule has 158 valence electrons. The van der Waals surface area contributed by atoms with Crippen LogP contribution in [0.5, 0.6) is 0 Å². The number of amides is 3. The van der Waals surface area contributed by atoms with Crippen molar-refractivity contribution in [2.75, 3.05) is 18.4 Å². The largest absolute Gasteiger partial charge is 0.440 e. The molecule has 5 rings (SSSR count). The standard InChI is InChI=1S/C23H22N4O4/c28-20(13-18-22(30)24-16-6-2-1-5-15(16)21(29)25-18)27-11-9-14(10-12-27)23-26-17-7-3-4-8-19(17)31-23/h1-8,14,18H,9-13H2,(H,24,30)(H,25,29)/t18-/m0/s1. The molecule has 0 aliphatic carbocycles. The molecule has 31 heavy (non-hydrogen) atoms. The molecule has 2 N–H and O–H groups in total. The Morgan fingerprint density at radius 3 is 2.61 bits per heavy atom. The summed E-state index contributed by atoms with van der Waals surface area (Å²) in [4.78, 5) is 44.2. The lowest BCUT2D eigenvalue weighted by molar-refractivity contribution is -0.134. The summed E-state index contributed by atoms with van der Waals surface area (Å²) >= 11 is 0. The Bertz CT molecular complexity index is 1130. The minimum atomic E-state index is -0.901. The van der Waals surface area contributed by atoms with Crippen LogP contribution in [-0.2, 0) is 9.59 Å².